The highest BCUT2D eigenvalue weighted by Crippen LogP contribution is 2.33. The number of ether oxygens (including phenoxy) is 2. The SMILES string of the molecule is Cc1cc(-c2nc3ncc(Cl)c(N[C@H]4CCN(C(=O)OC(C)(C)C)C4)c3[nH]2)c(C)n1CCN1CCOCC1. The molecule has 11 heteroatoms. The van der Waals surface area contributed by atoms with Gasteiger partial charge in [0.05, 0.1) is 30.1 Å². The number of nitrogens with zero attached hydrogens (tertiary/aromatic N) is 5. The average molecular weight is 544 g/mol. The largest absolute Gasteiger partial charge is 0.444 e. The van der Waals surface area contributed by atoms with Crippen molar-refractivity contribution in [2.75, 3.05) is 51.3 Å². The number of fused-ring (bicyclic) bond motifs is 1. The number of anilines is 1. The summed E-state index contributed by atoms with van der Waals surface area (Å²) in [7, 11) is 0. The second kappa shape index (κ2) is 10.7. The summed E-state index contributed by atoms with van der Waals surface area (Å²) in [4.78, 5) is 29.5. The molecule has 0 aromatic carbocycles. The van der Waals surface area contributed by atoms with Gasteiger partial charge in [0.15, 0.2) is 5.65 Å². The number of hydrogen-bond acceptors (Lipinski definition) is 7. The molecule has 0 aliphatic carbocycles. The van der Waals surface area contributed by atoms with E-state index in [4.69, 9.17) is 26.1 Å². The molecule has 5 rings (SSSR count). The topological polar surface area (TPSA) is 101 Å². The second-order valence-corrected chi connectivity index (χ2v) is 11.6. The number of likely N-dealkylation sites (tertiary alicyclic amines) is 1. The number of morpholine rings is 1. The van der Waals surface area contributed by atoms with Gasteiger partial charge in [-0.1, -0.05) is 11.6 Å². The molecule has 3 aromatic rings. The number of halogens is 1. The van der Waals surface area contributed by atoms with Crippen LogP contribution in [0.3, 0.4) is 0 Å². The Labute approximate surface area is 228 Å². The van der Waals surface area contributed by atoms with Crippen LogP contribution in [-0.4, -0.2) is 93.0 Å². The number of nitrogens with one attached hydrogen (secondary N) is 2. The molecule has 3 aromatic heterocycles. The lowest BCUT2D eigenvalue weighted by Crippen LogP contribution is -2.38. The van der Waals surface area contributed by atoms with E-state index in [1.54, 1.807) is 11.1 Å². The van der Waals surface area contributed by atoms with Crippen LogP contribution in [0.4, 0.5) is 10.5 Å². The van der Waals surface area contributed by atoms with Gasteiger partial charge in [-0.25, -0.2) is 14.8 Å². The Morgan fingerprint density at radius 3 is 2.74 bits per heavy atom. The number of aryl methyl sites for hydroxylation is 1. The van der Waals surface area contributed by atoms with Crippen molar-refractivity contribution in [3.8, 4) is 11.4 Å². The second-order valence-electron chi connectivity index (χ2n) is 11.2. The van der Waals surface area contributed by atoms with Crippen LogP contribution in [0.2, 0.25) is 5.02 Å². The van der Waals surface area contributed by atoms with E-state index in [-0.39, 0.29) is 12.1 Å². The highest BCUT2D eigenvalue weighted by atomic mass is 35.5. The van der Waals surface area contributed by atoms with Gasteiger partial charge < -0.3 is 29.2 Å². The number of H-pyrrole nitrogens is 1. The quantitative estimate of drug-likeness (QED) is 0.473. The number of carbonyl (C=O) groups excluding carboxylic acids is 1. The molecule has 1 amide bonds. The number of aromatic nitrogens is 4. The number of hydrogen-bond donors (Lipinski definition) is 2. The van der Waals surface area contributed by atoms with Crippen molar-refractivity contribution < 1.29 is 14.3 Å². The molecule has 5 heterocycles. The molecule has 2 aliphatic heterocycles. The van der Waals surface area contributed by atoms with Crippen LogP contribution in [-0.2, 0) is 16.0 Å². The van der Waals surface area contributed by atoms with E-state index in [0.717, 1.165) is 68.4 Å². The molecule has 0 saturated carbocycles. The summed E-state index contributed by atoms with van der Waals surface area (Å²) in [5.74, 6) is 0.769. The Morgan fingerprint density at radius 2 is 2.00 bits per heavy atom. The molecule has 0 bridgehead atoms. The Morgan fingerprint density at radius 1 is 1.24 bits per heavy atom. The zero-order valence-corrected chi connectivity index (χ0v) is 23.7. The van der Waals surface area contributed by atoms with Gasteiger partial charge in [0.2, 0.25) is 0 Å². The zero-order chi connectivity index (χ0) is 27.0. The number of imidazole rings is 1. The maximum Gasteiger partial charge on any atom is 0.410 e. The normalized spacial score (nSPS) is 18.9. The molecule has 2 saturated heterocycles. The Kier molecular flexibility index (Phi) is 7.57. The first kappa shape index (κ1) is 26.8. The maximum absolute atomic E-state index is 12.5. The summed E-state index contributed by atoms with van der Waals surface area (Å²) in [6.45, 7) is 16.6. The molecular weight excluding hydrogens is 506 g/mol. The molecule has 2 N–H and O–H groups in total. The fraction of sp³-hybridized carbons (Fsp3) is 0.593. The summed E-state index contributed by atoms with van der Waals surface area (Å²) in [6, 6.07) is 2.22. The van der Waals surface area contributed by atoms with Crippen molar-refractivity contribution >= 4 is 34.5 Å². The number of aromatic amines is 1. The molecule has 2 fully saturated rings. The van der Waals surface area contributed by atoms with E-state index in [2.05, 4.69) is 44.7 Å². The van der Waals surface area contributed by atoms with Crippen LogP contribution >= 0.6 is 11.6 Å². The Balaban J connectivity index is 1.33. The standard InChI is InChI=1S/C27H38ClN7O3/c1-17-14-20(18(2)35(17)9-8-33-10-12-37-13-11-33)24-31-23-22(21(28)15-29-25(23)32-24)30-19-6-7-34(16-19)26(36)38-27(3,4)5/h14-15,19H,6-13,16H2,1-5H3,(H2,29,30,31,32)/t19-/m0/s1. The highest BCUT2D eigenvalue weighted by molar-refractivity contribution is 6.34. The minimum absolute atomic E-state index is 0.0441. The predicted molar refractivity (Wildman–Crippen MR) is 149 cm³/mol. The summed E-state index contributed by atoms with van der Waals surface area (Å²) >= 11 is 6.60. The van der Waals surface area contributed by atoms with Crippen molar-refractivity contribution in [1.29, 1.82) is 0 Å². The Bertz CT molecular complexity index is 1310. The number of amides is 1. The van der Waals surface area contributed by atoms with E-state index >= 15 is 0 Å². The van der Waals surface area contributed by atoms with Gasteiger partial charge in [0, 0.05) is 62.3 Å². The molecule has 0 radical (unpaired) electrons. The molecule has 2 aliphatic rings. The van der Waals surface area contributed by atoms with E-state index in [1.165, 1.54) is 11.4 Å². The average Bonchev–Trinajstić information content (AvgIpc) is 3.57. The molecule has 38 heavy (non-hydrogen) atoms. The fourth-order valence-corrected chi connectivity index (χ4v) is 5.43. The van der Waals surface area contributed by atoms with E-state index in [9.17, 15) is 4.79 Å². The molecule has 0 unspecified atom stereocenters. The lowest BCUT2D eigenvalue weighted by Gasteiger charge is -2.27. The minimum Gasteiger partial charge on any atom is -0.444 e. The van der Waals surface area contributed by atoms with Crippen LogP contribution in [0.25, 0.3) is 22.6 Å². The molecule has 0 spiro atoms. The van der Waals surface area contributed by atoms with Gasteiger partial charge in [-0.05, 0) is 47.1 Å². The fourth-order valence-electron chi connectivity index (χ4n) is 5.23. The van der Waals surface area contributed by atoms with Crippen LogP contribution in [0.1, 0.15) is 38.6 Å². The lowest BCUT2D eigenvalue weighted by atomic mass is 10.2. The first-order valence-corrected chi connectivity index (χ1v) is 13.7. The van der Waals surface area contributed by atoms with Gasteiger partial charge in [0.1, 0.15) is 16.9 Å². The first-order valence-electron chi connectivity index (χ1n) is 13.3. The molecule has 1 atom stereocenters. The van der Waals surface area contributed by atoms with Crippen molar-refractivity contribution in [3.05, 3.63) is 28.7 Å². The summed E-state index contributed by atoms with van der Waals surface area (Å²) in [5, 5.41) is 4.05. The maximum atomic E-state index is 12.5. The van der Waals surface area contributed by atoms with E-state index < -0.39 is 5.60 Å². The smallest absolute Gasteiger partial charge is 0.410 e. The van der Waals surface area contributed by atoms with Crippen molar-refractivity contribution in [3.63, 3.8) is 0 Å². The number of rotatable bonds is 6. The summed E-state index contributed by atoms with van der Waals surface area (Å²) in [5.41, 5.74) is 5.03. The van der Waals surface area contributed by atoms with Gasteiger partial charge >= 0.3 is 6.09 Å². The summed E-state index contributed by atoms with van der Waals surface area (Å²) in [6.07, 6.45) is 2.13. The van der Waals surface area contributed by atoms with Crippen LogP contribution in [0.5, 0.6) is 0 Å². The van der Waals surface area contributed by atoms with Crippen LogP contribution in [0, 0.1) is 13.8 Å². The van der Waals surface area contributed by atoms with Gasteiger partial charge in [-0.15, -0.1) is 0 Å². The lowest BCUT2D eigenvalue weighted by molar-refractivity contribution is 0.0293. The van der Waals surface area contributed by atoms with Gasteiger partial charge in [0.25, 0.3) is 0 Å². The number of pyridine rings is 1. The minimum atomic E-state index is -0.520. The summed E-state index contributed by atoms with van der Waals surface area (Å²) < 4.78 is 13.4. The highest BCUT2D eigenvalue weighted by Gasteiger charge is 2.30. The zero-order valence-electron chi connectivity index (χ0n) is 22.9. The third kappa shape index (κ3) is 5.77. The van der Waals surface area contributed by atoms with Crippen molar-refractivity contribution in [1.82, 2.24) is 29.3 Å². The third-order valence-corrected chi connectivity index (χ3v) is 7.52. The van der Waals surface area contributed by atoms with Gasteiger partial charge in [-0.3, -0.25) is 4.90 Å². The van der Waals surface area contributed by atoms with E-state index in [0.29, 0.717) is 23.8 Å². The van der Waals surface area contributed by atoms with Crippen LogP contribution < -0.4 is 5.32 Å². The molecule has 206 valence electrons. The predicted octanol–water partition coefficient (Wildman–Crippen LogP) is 4.45. The Hall–Kier alpha value is -2.82. The first-order chi connectivity index (χ1) is 18.1. The van der Waals surface area contributed by atoms with E-state index in [1.807, 2.05) is 20.8 Å². The monoisotopic (exact) mass is 543 g/mol. The van der Waals surface area contributed by atoms with Crippen LogP contribution in [0.15, 0.2) is 12.3 Å². The van der Waals surface area contributed by atoms with Crippen molar-refractivity contribution in [2.24, 2.45) is 0 Å². The molecule has 10 nitrogen and oxygen atoms in total. The van der Waals surface area contributed by atoms with Gasteiger partial charge in [-0.2, -0.15) is 0 Å². The van der Waals surface area contributed by atoms with Crippen molar-refractivity contribution in [2.45, 2.75) is 59.2 Å². The molecular formula is C27H38ClN7O3. The number of carbonyl (C=O) groups is 1. The third-order valence-electron chi connectivity index (χ3n) is 7.23.